The molecule has 0 fully saturated rings. The maximum absolute atomic E-state index is 6.41. The smallest absolute Gasteiger partial charge is 0.124 e. The van der Waals surface area contributed by atoms with E-state index in [1.165, 1.54) is 38.8 Å². The molecule has 156 valence electrons. The van der Waals surface area contributed by atoms with Crippen LogP contribution in [-0.2, 0) is 19.4 Å². The molecule has 0 unspecified atom stereocenters. The van der Waals surface area contributed by atoms with E-state index in [1.54, 1.807) is 0 Å². The van der Waals surface area contributed by atoms with E-state index in [4.69, 9.17) is 9.72 Å². The zero-order chi connectivity index (χ0) is 21.3. The standard InChI is InChI=1S/C27H30BrNO/c1-17(2)7-5-9-21-15-29-27-19(4)13-24(25-18(3)11-12-23(21)26(25)27)30-16-20-8-6-10-22(28)14-20/h6-8,10,13-15,18H,5,9,11-12,16H2,1-4H3/t18-/m1/s1. The maximum atomic E-state index is 6.41. The molecule has 0 spiro atoms. The van der Waals surface area contributed by atoms with Crippen molar-refractivity contribution in [1.29, 1.82) is 0 Å². The third kappa shape index (κ3) is 4.32. The Balaban J connectivity index is 1.76. The van der Waals surface area contributed by atoms with Crippen LogP contribution in [0, 0.1) is 6.92 Å². The van der Waals surface area contributed by atoms with Gasteiger partial charge in [0.2, 0.25) is 0 Å². The highest BCUT2D eigenvalue weighted by molar-refractivity contribution is 9.10. The van der Waals surface area contributed by atoms with Gasteiger partial charge in [-0.1, -0.05) is 46.6 Å². The van der Waals surface area contributed by atoms with Crippen molar-refractivity contribution >= 4 is 26.8 Å². The average Bonchev–Trinajstić information content (AvgIpc) is 2.70. The zero-order valence-electron chi connectivity index (χ0n) is 18.4. The quantitative estimate of drug-likeness (QED) is 0.347. The third-order valence-corrected chi connectivity index (χ3v) is 6.59. The first kappa shape index (κ1) is 21.1. The normalized spacial score (nSPS) is 15.3. The Morgan fingerprint density at radius 1 is 1.27 bits per heavy atom. The van der Waals surface area contributed by atoms with Gasteiger partial charge in [0, 0.05) is 21.6 Å². The van der Waals surface area contributed by atoms with Crippen LogP contribution in [0.2, 0.25) is 0 Å². The monoisotopic (exact) mass is 463 g/mol. The lowest BCUT2D eigenvalue weighted by Gasteiger charge is -2.28. The molecule has 2 nitrogen and oxygen atoms in total. The SMILES string of the molecule is CC(C)=CCCc1cnc2c(C)cc(OCc3cccc(Br)c3)c3c2c1CC[C@H]3C. The van der Waals surface area contributed by atoms with Gasteiger partial charge in [-0.3, -0.25) is 4.98 Å². The van der Waals surface area contributed by atoms with Crippen LogP contribution in [0.15, 0.2) is 52.7 Å². The Morgan fingerprint density at radius 3 is 2.87 bits per heavy atom. The summed E-state index contributed by atoms with van der Waals surface area (Å²) in [6.45, 7) is 9.40. The summed E-state index contributed by atoms with van der Waals surface area (Å²) < 4.78 is 7.50. The number of hydrogen-bond acceptors (Lipinski definition) is 2. The first-order chi connectivity index (χ1) is 14.4. The molecule has 3 heteroatoms. The lowest BCUT2D eigenvalue weighted by atomic mass is 9.80. The first-order valence-electron chi connectivity index (χ1n) is 10.9. The Bertz CT molecular complexity index is 1110. The largest absolute Gasteiger partial charge is 0.489 e. The number of rotatable bonds is 6. The van der Waals surface area contributed by atoms with Crippen LogP contribution in [0.5, 0.6) is 5.75 Å². The van der Waals surface area contributed by atoms with Crippen LogP contribution >= 0.6 is 15.9 Å². The van der Waals surface area contributed by atoms with E-state index in [9.17, 15) is 0 Å². The van der Waals surface area contributed by atoms with Gasteiger partial charge in [0.15, 0.2) is 0 Å². The van der Waals surface area contributed by atoms with Crippen molar-refractivity contribution < 1.29 is 4.74 Å². The minimum atomic E-state index is 0.480. The van der Waals surface area contributed by atoms with Gasteiger partial charge >= 0.3 is 0 Å². The van der Waals surface area contributed by atoms with E-state index in [2.05, 4.69) is 80.2 Å². The summed E-state index contributed by atoms with van der Waals surface area (Å²) in [5.41, 5.74) is 9.14. The maximum Gasteiger partial charge on any atom is 0.124 e. The highest BCUT2D eigenvalue weighted by Gasteiger charge is 2.26. The molecule has 1 aliphatic rings. The number of benzene rings is 2. The van der Waals surface area contributed by atoms with E-state index < -0.39 is 0 Å². The van der Waals surface area contributed by atoms with Crippen molar-refractivity contribution in [1.82, 2.24) is 4.98 Å². The molecular formula is C27H30BrNO. The highest BCUT2D eigenvalue weighted by atomic mass is 79.9. The second kappa shape index (κ2) is 8.93. The Hall–Kier alpha value is -2.13. The van der Waals surface area contributed by atoms with Gasteiger partial charge in [0.05, 0.1) is 5.52 Å². The van der Waals surface area contributed by atoms with Gasteiger partial charge in [-0.2, -0.15) is 0 Å². The molecule has 30 heavy (non-hydrogen) atoms. The summed E-state index contributed by atoms with van der Waals surface area (Å²) in [6.07, 6.45) is 8.87. The first-order valence-corrected chi connectivity index (χ1v) is 11.7. The number of ether oxygens (including phenoxy) is 1. The third-order valence-electron chi connectivity index (χ3n) is 6.10. The van der Waals surface area contributed by atoms with Gasteiger partial charge in [-0.05, 0) is 92.8 Å². The number of hydrogen-bond donors (Lipinski definition) is 0. The molecule has 0 N–H and O–H groups in total. The summed E-state index contributed by atoms with van der Waals surface area (Å²) in [5, 5.41) is 1.35. The fraction of sp³-hybridized carbons (Fsp3) is 0.370. The van der Waals surface area contributed by atoms with Gasteiger partial charge in [0.25, 0.3) is 0 Å². The van der Waals surface area contributed by atoms with Crippen molar-refractivity contribution in [2.45, 2.75) is 65.9 Å². The van der Waals surface area contributed by atoms with E-state index in [0.717, 1.165) is 41.4 Å². The van der Waals surface area contributed by atoms with Crippen LogP contribution < -0.4 is 4.74 Å². The molecule has 0 saturated carbocycles. The van der Waals surface area contributed by atoms with Crippen molar-refractivity contribution in [2.75, 3.05) is 0 Å². The molecule has 3 aromatic rings. The minimum absolute atomic E-state index is 0.480. The van der Waals surface area contributed by atoms with Crippen LogP contribution in [-0.4, -0.2) is 4.98 Å². The van der Waals surface area contributed by atoms with Crippen LogP contribution in [0.1, 0.15) is 67.3 Å². The van der Waals surface area contributed by atoms with Gasteiger partial charge in [-0.15, -0.1) is 0 Å². The van der Waals surface area contributed by atoms with Crippen molar-refractivity contribution in [3.8, 4) is 5.75 Å². The van der Waals surface area contributed by atoms with Crippen molar-refractivity contribution in [2.24, 2.45) is 0 Å². The molecule has 1 aromatic heterocycles. The van der Waals surface area contributed by atoms with Crippen LogP contribution in [0.25, 0.3) is 10.9 Å². The molecule has 1 aliphatic carbocycles. The molecule has 1 atom stereocenters. The fourth-order valence-electron chi connectivity index (χ4n) is 4.56. The number of aryl methyl sites for hydroxylation is 3. The number of pyridine rings is 1. The van der Waals surface area contributed by atoms with E-state index >= 15 is 0 Å². The molecule has 4 rings (SSSR count). The molecule has 1 heterocycles. The van der Waals surface area contributed by atoms with Crippen LogP contribution in [0.3, 0.4) is 0 Å². The minimum Gasteiger partial charge on any atom is -0.489 e. The molecular weight excluding hydrogens is 434 g/mol. The Kier molecular flexibility index (Phi) is 6.29. The van der Waals surface area contributed by atoms with Gasteiger partial charge in [-0.25, -0.2) is 0 Å². The second-order valence-corrected chi connectivity index (χ2v) is 9.69. The van der Waals surface area contributed by atoms with Gasteiger partial charge < -0.3 is 4.74 Å². The predicted octanol–water partition coefficient (Wildman–Crippen LogP) is 7.83. The van der Waals surface area contributed by atoms with Crippen LogP contribution in [0.4, 0.5) is 0 Å². The summed E-state index contributed by atoms with van der Waals surface area (Å²) in [6, 6.07) is 10.5. The number of halogens is 1. The predicted molar refractivity (Wildman–Crippen MR) is 129 cm³/mol. The van der Waals surface area contributed by atoms with Crippen molar-refractivity contribution in [3.05, 3.63) is 80.5 Å². The number of nitrogens with zero attached hydrogens (tertiary/aromatic N) is 1. The summed E-state index contributed by atoms with van der Waals surface area (Å²) >= 11 is 3.56. The fourth-order valence-corrected chi connectivity index (χ4v) is 5.01. The zero-order valence-corrected chi connectivity index (χ0v) is 20.0. The average molecular weight is 464 g/mol. The van der Waals surface area contributed by atoms with E-state index in [-0.39, 0.29) is 0 Å². The Morgan fingerprint density at radius 2 is 2.10 bits per heavy atom. The molecule has 0 amide bonds. The lowest BCUT2D eigenvalue weighted by Crippen LogP contribution is -2.12. The molecule has 2 aromatic carbocycles. The molecule has 0 radical (unpaired) electrons. The highest BCUT2D eigenvalue weighted by Crippen LogP contribution is 2.44. The summed E-state index contributed by atoms with van der Waals surface area (Å²) in [5.74, 6) is 1.50. The second-order valence-electron chi connectivity index (χ2n) is 8.77. The Labute approximate surface area is 188 Å². The summed E-state index contributed by atoms with van der Waals surface area (Å²) in [4.78, 5) is 4.90. The number of allylic oxidation sites excluding steroid dienone is 2. The van der Waals surface area contributed by atoms with Crippen molar-refractivity contribution in [3.63, 3.8) is 0 Å². The topological polar surface area (TPSA) is 22.1 Å². The molecule has 0 aliphatic heterocycles. The van der Waals surface area contributed by atoms with E-state index in [0.29, 0.717) is 12.5 Å². The molecule has 0 bridgehead atoms. The van der Waals surface area contributed by atoms with Gasteiger partial charge in [0.1, 0.15) is 12.4 Å². The van der Waals surface area contributed by atoms with E-state index in [1.807, 2.05) is 6.07 Å². The lowest BCUT2D eigenvalue weighted by molar-refractivity contribution is 0.301. The molecule has 0 saturated heterocycles. The number of aromatic nitrogens is 1. The summed E-state index contributed by atoms with van der Waals surface area (Å²) in [7, 11) is 0.